The monoisotopic (exact) mass is 886 g/mol. The molecular weight excluding hydrogens is 831 g/mol. The number of nitrogens with one attached hydrogen (secondary N) is 1. The number of alkyl halides is 1. The quantitative estimate of drug-likeness (QED) is 0.121. The van der Waals surface area contributed by atoms with Crippen molar-refractivity contribution in [1.29, 1.82) is 0 Å². The summed E-state index contributed by atoms with van der Waals surface area (Å²) < 4.78 is 11.7. The fourth-order valence-electron chi connectivity index (χ4n) is 4.26. The molecule has 0 saturated carbocycles. The van der Waals surface area contributed by atoms with Crippen LogP contribution in [-0.4, -0.2) is 55.0 Å². The molecule has 0 saturated heterocycles. The second-order valence-corrected chi connectivity index (χ2v) is 14.0. The van der Waals surface area contributed by atoms with E-state index in [0.29, 0.717) is 19.4 Å². The largest absolute Gasteiger partial charge is 1.00 e. The van der Waals surface area contributed by atoms with Crippen molar-refractivity contribution in [2.75, 3.05) is 14.2 Å². The maximum absolute atomic E-state index is 12.6. The van der Waals surface area contributed by atoms with Crippen LogP contribution in [0.15, 0.2) is 57.5 Å². The predicted molar refractivity (Wildman–Crippen MR) is 208 cm³/mol. The van der Waals surface area contributed by atoms with Gasteiger partial charge in [0.25, 0.3) is 0 Å². The van der Waals surface area contributed by atoms with Gasteiger partial charge in [-0.1, -0.05) is 134 Å². The summed E-state index contributed by atoms with van der Waals surface area (Å²) in [7, 11) is 2.70. The first-order valence-corrected chi connectivity index (χ1v) is 18.8. The molecule has 2 amide bonds. The van der Waals surface area contributed by atoms with Gasteiger partial charge in [0, 0.05) is 33.7 Å². The normalized spacial score (nSPS) is 11.2. The minimum atomic E-state index is -0.562. The second kappa shape index (κ2) is 30.4. The van der Waals surface area contributed by atoms with Crippen LogP contribution in [0.2, 0.25) is 0 Å². The summed E-state index contributed by atoms with van der Waals surface area (Å²) in [6.45, 7) is 12.1. The Morgan fingerprint density at radius 1 is 0.755 bits per heavy atom. The van der Waals surface area contributed by atoms with Crippen LogP contribution in [0.5, 0.6) is 0 Å². The van der Waals surface area contributed by atoms with Gasteiger partial charge >= 0.3 is 41.5 Å². The van der Waals surface area contributed by atoms with E-state index < -0.39 is 12.1 Å². The second-order valence-electron chi connectivity index (χ2n) is 11.6. The Labute approximate surface area is 344 Å². The van der Waals surface area contributed by atoms with Gasteiger partial charge in [-0.3, -0.25) is 9.59 Å². The summed E-state index contributed by atoms with van der Waals surface area (Å²) in [4.78, 5) is 49.2. The van der Waals surface area contributed by atoms with Crippen molar-refractivity contribution in [2.45, 2.75) is 111 Å². The maximum Gasteiger partial charge on any atom is 1.00 e. The van der Waals surface area contributed by atoms with Crippen molar-refractivity contribution in [2.24, 2.45) is 11.8 Å². The van der Waals surface area contributed by atoms with Crippen molar-refractivity contribution >= 4 is 71.5 Å². The Kier molecular flexibility index (Phi) is 32.3. The summed E-state index contributed by atoms with van der Waals surface area (Å²) in [5.41, 5.74) is 2.30. The van der Waals surface area contributed by atoms with E-state index in [4.69, 9.17) is 4.74 Å². The van der Waals surface area contributed by atoms with Crippen molar-refractivity contribution in [3.63, 3.8) is 0 Å². The number of esters is 2. The summed E-state index contributed by atoms with van der Waals surface area (Å²) in [5.74, 6) is -0.789. The first-order chi connectivity index (χ1) is 22.2. The van der Waals surface area contributed by atoms with E-state index in [9.17, 15) is 19.2 Å². The Balaban J connectivity index is -0.000000338. The number of carbonyl (C=O) groups excluding carboxylic acids is 4. The fraction of sp³-hybridized carbons (Fsp3) is 0.568. The van der Waals surface area contributed by atoms with Gasteiger partial charge in [0.1, 0.15) is 12.1 Å². The predicted octanol–water partition coefficient (Wildman–Crippen LogP) is 6.75. The molecule has 2 aromatic rings. The van der Waals surface area contributed by atoms with Crippen LogP contribution in [-0.2, 0) is 40.5 Å². The van der Waals surface area contributed by atoms with Crippen LogP contribution in [0, 0.1) is 11.8 Å². The molecule has 0 aliphatic rings. The standard InChI is InChI=1S/C18H26BrNO3.C11H21NO3.C7H6Br2.CH4.Na.H/c1-5-6-7-16(21)20(17(13(2)3)18(22)23-4)12-14-8-10-15(19)11-9-14;1-5-6-7-9(13)12-10(8(2)3)11(14)15-4;8-5-6-1-3-7(9)4-2-6;;;/h8-11,13,17H,5-7,12H2,1-4H3;8,10H,5-7H2,1-4H3,(H,12,13);1-4H,5H2;1H4;;/q;;;;+1;-1/t17-;10-;;;;/m00..../s1. The number of halogens is 3. The number of rotatable bonds is 15. The molecule has 0 spiro atoms. The molecule has 8 nitrogen and oxygen atoms in total. The van der Waals surface area contributed by atoms with Crippen LogP contribution in [0.4, 0.5) is 0 Å². The average Bonchev–Trinajstić information content (AvgIpc) is 3.05. The SMILES string of the molecule is BrCc1ccc(Br)cc1.C.CCCCC(=O)N(Cc1ccc(Br)cc1)[C@H](C(=O)OC)C(C)C.CCCCC(=O)N[C@H](C(=O)OC)C(C)C.[H-].[Na+]. The zero-order valence-corrected chi connectivity index (χ0v) is 36.9. The van der Waals surface area contributed by atoms with Gasteiger partial charge in [-0.05, 0) is 60.1 Å². The molecule has 2 rings (SSSR count). The van der Waals surface area contributed by atoms with Gasteiger partial charge in [-0.15, -0.1) is 0 Å². The Morgan fingerprint density at radius 2 is 1.20 bits per heavy atom. The first-order valence-electron chi connectivity index (χ1n) is 16.0. The summed E-state index contributed by atoms with van der Waals surface area (Å²) in [6.07, 6.45) is 4.50. The van der Waals surface area contributed by atoms with Crippen LogP contribution < -0.4 is 34.9 Å². The molecule has 12 heteroatoms. The minimum absolute atomic E-state index is 0. The molecule has 2 atom stereocenters. The molecule has 1 N–H and O–H groups in total. The molecule has 274 valence electrons. The van der Waals surface area contributed by atoms with Gasteiger partial charge in [-0.2, -0.15) is 0 Å². The number of carbonyl (C=O) groups is 4. The van der Waals surface area contributed by atoms with Crippen LogP contribution in [0.1, 0.15) is 100 Å². The number of ether oxygens (including phenoxy) is 2. The number of methoxy groups -OCH3 is 2. The molecule has 0 heterocycles. The minimum Gasteiger partial charge on any atom is -1.00 e. The van der Waals surface area contributed by atoms with E-state index in [2.05, 4.69) is 70.0 Å². The smallest absolute Gasteiger partial charge is 1.00 e. The first kappa shape index (κ1) is 52.1. The molecule has 0 radical (unpaired) electrons. The number of nitrogens with zero attached hydrogens (tertiary/aromatic N) is 1. The summed E-state index contributed by atoms with van der Waals surface area (Å²) in [6, 6.07) is 14.9. The van der Waals surface area contributed by atoms with E-state index in [1.807, 2.05) is 77.9 Å². The van der Waals surface area contributed by atoms with E-state index in [1.54, 1.807) is 4.90 Å². The van der Waals surface area contributed by atoms with Crippen LogP contribution in [0.3, 0.4) is 0 Å². The molecule has 0 aliphatic carbocycles. The Bertz CT molecular complexity index is 1200. The number of hydrogen-bond donors (Lipinski definition) is 1. The Morgan fingerprint density at radius 3 is 1.59 bits per heavy atom. The third-order valence-electron chi connectivity index (χ3n) is 7.00. The molecular formula is C37H58Br3N2NaO6. The van der Waals surface area contributed by atoms with Crippen molar-refractivity contribution in [1.82, 2.24) is 10.2 Å². The molecule has 0 bridgehead atoms. The third-order valence-corrected chi connectivity index (χ3v) is 8.71. The number of amides is 2. The molecule has 2 aromatic carbocycles. The van der Waals surface area contributed by atoms with Gasteiger partial charge in [0.2, 0.25) is 11.8 Å². The van der Waals surface area contributed by atoms with E-state index >= 15 is 0 Å². The molecule has 0 aliphatic heterocycles. The van der Waals surface area contributed by atoms with Crippen molar-refractivity contribution in [3.8, 4) is 0 Å². The molecule has 0 fully saturated rings. The zero-order chi connectivity index (χ0) is 35.9. The third kappa shape index (κ3) is 22.3. The van der Waals surface area contributed by atoms with Crippen LogP contribution >= 0.6 is 47.8 Å². The van der Waals surface area contributed by atoms with E-state index in [1.165, 1.54) is 19.8 Å². The van der Waals surface area contributed by atoms with Crippen LogP contribution in [0.25, 0.3) is 0 Å². The molecule has 49 heavy (non-hydrogen) atoms. The van der Waals surface area contributed by atoms with Crippen molar-refractivity contribution < 1.29 is 59.6 Å². The summed E-state index contributed by atoms with van der Waals surface area (Å²) in [5, 5.41) is 3.62. The Hall–Kier alpha value is -1.24. The van der Waals surface area contributed by atoms with Crippen molar-refractivity contribution in [3.05, 3.63) is 68.6 Å². The zero-order valence-electron chi connectivity index (χ0n) is 31.1. The summed E-state index contributed by atoms with van der Waals surface area (Å²) >= 11 is 10.1. The van der Waals surface area contributed by atoms with E-state index in [0.717, 1.165) is 45.5 Å². The van der Waals surface area contributed by atoms with Gasteiger partial charge in [-0.25, -0.2) is 9.59 Å². The molecule has 0 unspecified atom stereocenters. The van der Waals surface area contributed by atoms with Gasteiger partial charge in [0.15, 0.2) is 0 Å². The number of benzene rings is 2. The van der Waals surface area contributed by atoms with E-state index in [-0.39, 0.29) is 74.0 Å². The van der Waals surface area contributed by atoms with Gasteiger partial charge in [0.05, 0.1) is 14.2 Å². The fourth-order valence-corrected chi connectivity index (χ4v) is 5.16. The van der Waals surface area contributed by atoms with Gasteiger partial charge < -0.3 is 21.1 Å². The number of hydrogen-bond acceptors (Lipinski definition) is 6. The molecule has 0 aromatic heterocycles. The average molecular weight is 890 g/mol. The maximum atomic E-state index is 12.6. The topological polar surface area (TPSA) is 102 Å². The number of unbranched alkanes of at least 4 members (excludes halogenated alkanes) is 2.